The van der Waals surface area contributed by atoms with Crippen molar-refractivity contribution in [1.29, 1.82) is 0 Å². The van der Waals surface area contributed by atoms with Crippen molar-refractivity contribution in [2.75, 3.05) is 18.9 Å². The number of phosphoric ester groups is 2. The van der Waals surface area contributed by atoms with E-state index in [1.807, 2.05) is 4.98 Å². The molecule has 9 atom stereocenters. The number of hydrogen-bond donors (Lipinski definition) is 7. The molecule has 0 aliphatic carbocycles. The summed E-state index contributed by atoms with van der Waals surface area (Å²) in [7, 11) is -11.6. The zero-order valence-corrected chi connectivity index (χ0v) is 35.2. The smallest absolute Gasteiger partial charge is 0.756 e. The number of fused-ring (bicyclic) bond motifs is 3. The van der Waals surface area contributed by atoms with E-state index in [1.54, 1.807) is 26.0 Å². The summed E-state index contributed by atoms with van der Waals surface area (Å²) < 4.78 is 45.7. The van der Waals surface area contributed by atoms with E-state index in [0.29, 0.717) is 0 Å². The second-order valence-electron chi connectivity index (χ2n) is 12.0. The summed E-state index contributed by atoms with van der Waals surface area (Å²) >= 11 is 0. The number of nitrogens with two attached hydrogens (primary N) is 1. The van der Waals surface area contributed by atoms with Gasteiger partial charge in [0.1, 0.15) is 48.5 Å². The van der Waals surface area contributed by atoms with Gasteiger partial charge >= 0.3 is 64.8 Å². The predicted molar refractivity (Wildman–Crippen MR) is 172 cm³/mol. The molecule has 8 N–H and O–H groups in total. The van der Waals surface area contributed by atoms with Gasteiger partial charge in [0.15, 0.2) is 29.2 Å². The van der Waals surface area contributed by atoms with Crippen LogP contribution in [0.2, 0.25) is 0 Å². The first-order valence-corrected chi connectivity index (χ1v) is 18.3. The van der Waals surface area contributed by atoms with Crippen LogP contribution >= 0.6 is 15.6 Å². The number of aliphatic hydroxyl groups excluding tert-OH is 5. The van der Waals surface area contributed by atoms with Crippen molar-refractivity contribution in [2.24, 2.45) is 0 Å². The van der Waals surface area contributed by atoms with Crippen LogP contribution in [0.5, 0.6) is 0 Å². The number of hydrogen-bond acceptors (Lipinski definition) is 21. The molecule has 0 saturated carbocycles. The molecule has 1 aromatic carbocycles. The van der Waals surface area contributed by atoms with Crippen molar-refractivity contribution in [3.63, 3.8) is 0 Å². The third-order valence-electron chi connectivity index (χ3n) is 8.38. The van der Waals surface area contributed by atoms with Crippen LogP contribution < -0.4 is 85.9 Å². The van der Waals surface area contributed by atoms with Crippen molar-refractivity contribution in [3.8, 4) is 11.5 Å². The van der Waals surface area contributed by atoms with Crippen molar-refractivity contribution in [2.45, 2.75) is 63.2 Å². The Kier molecular flexibility index (Phi) is 14.7. The summed E-state index contributed by atoms with van der Waals surface area (Å²) in [5.41, 5.74) is 5.97. The minimum absolute atomic E-state index is 0. The molecule has 286 valence electrons. The van der Waals surface area contributed by atoms with Crippen LogP contribution in [0.1, 0.15) is 17.4 Å². The van der Waals surface area contributed by atoms with Crippen molar-refractivity contribution in [1.82, 2.24) is 39.0 Å². The molecule has 3 aliphatic rings. The van der Waals surface area contributed by atoms with E-state index >= 15 is 0 Å². The van der Waals surface area contributed by atoms with Gasteiger partial charge in [-0.05, 0) is 37.1 Å². The van der Waals surface area contributed by atoms with E-state index in [2.05, 4.69) is 38.3 Å². The maximum absolute atomic E-state index is 12.5. The molecule has 1 fully saturated rings. The molecular weight excluding hydrogens is 798 g/mol. The zero-order chi connectivity index (χ0) is 38.6. The number of imidazole rings is 1. The number of nitrogens with zero attached hydrogens (tertiary/aromatic N) is 7. The van der Waals surface area contributed by atoms with Crippen LogP contribution in [0.15, 0.2) is 34.4 Å². The van der Waals surface area contributed by atoms with Gasteiger partial charge in [0, 0.05) is 0 Å². The van der Waals surface area contributed by atoms with Crippen LogP contribution in [0.4, 0.5) is 5.82 Å². The molecule has 1 saturated heterocycles. The number of rotatable bonds is 13. The standard InChI is InChI=1S/C27H33N9O15P2.2Na/c1-10-3-12-13(4-11(10)2)35(24-18(32-12)25(42)34-27(43)33-24)5-14(37)19(39)15(38)6-48-52(44,45)51-53(46,47)49-7-16-20(40)21(41)26(50-16)36-9-31-17-22(28)29-8-30-23(17)36;;/h3-4,8-9,14-16,19-21,26,37-41H,5-7H2,1-2H3,(H,44,45)(H,46,47)(H2,28,29,30)(H,34,42,43);;/q;2*+1/p-2. The first-order valence-electron chi connectivity index (χ1n) is 15.4. The molecule has 3 aromatic rings. The second-order valence-corrected chi connectivity index (χ2v) is 15.0. The first-order chi connectivity index (χ1) is 24.9. The van der Waals surface area contributed by atoms with Gasteiger partial charge in [-0.3, -0.25) is 23.5 Å². The van der Waals surface area contributed by atoms with Gasteiger partial charge in [-0.25, -0.2) is 29.0 Å². The van der Waals surface area contributed by atoms with Crippen LogP contribution in [0.25, 0.3) is 33.7 Å². The number of nitrogens with one attached hydrogen (secondary N) is 1. The number of H-pyrrole nitrogens is 1. The molecule has 6 rings (SSSR count). The zero-order valence-electron chi connectivity index (χ0n) is 29.4. The van der Waals surface area contributed by atoms with Crippen molar-refractivity contribution >= 4 is 43.7 Å². The van der Waals surface area contributed by atoms with Gasteiger partial charge in [-0.2, -0.15) is 4.98 Å². The third kappa shape index (κ3) is 9.78. The fourth-order valence-electron chi connectivity index (χ4n) is 5.54. The Hall–Kier alpha value is -2.13. The normalized spacial score (nSPS) is 22.4. The van der Waals surface area contributed by atoms with Crippen LogP contribution in [-0.4, -0.2) is 114 Å². The molecule has 0 spiro atoms. The van der Waals surface area contributed by atoms with Crippen LogP contribution in [-0.2, 0) is 33.8 Å². The van der Waals surface area contributed by atoms with Crippen LogP contribution in [0.3, 0.4) is 0 Å². The average molecular weight is 830 g/mol. The molecule has 55 heavy (non-hydrogen) atoms. The largest absolute Gasteiger partial charge is 1.00 e. The molecule has 0 amide bonds. The molecule has 24 nitrogen and oxygen atoms in total. The molecule has 5 heterocycles. The van der Waals surface area contributed by atoms with E-state index in [1.165, 1.54) is 15.5 Å². The number of nitrogen functional groups attached to an aromatic ring is 1. The number of aromatic amines is 1. The van der Waals surface area contributed by atoms with Gasteiger partial charge in [0.05, 0.1) is 37.1 Å². The monoisotopic (exact) mass is 829 g/mol. The Morgan fingerprint density at radius 1 is 0.982 bits per heavy atom. The maximum Gasteiger partial charge on any atom is 1.00 e. The number of ether oxygens (including phenoxy) is 1. The summed E-state index contributed by atoms with van der Waals surface area (Å²) in [6.07, 6.45) is -10.3. The number of benzene rings is 1. The number of aromatic nitrogens is 8. The fourth-order valence-corrected chi connectivity index (χ4v) is 7.56. The Bertz CT molecular complexity index is 2370. The summed E-state index contributed by atoms with van der Waals surface area (Å²) in [6.45, 7) is 0.570. The van der Waals surface area contributed by atoms with E-state index < -0.39 is 89.5 Å². The minimum atomic E-state index is -5.85. The Labute approximate surface area is 352 Å². The Morgan fingerprint density at radius 3 is 2.36 bits per heavy atom. The van der Waals surface area contributed by atoms with Gasteiger partial charge in [-0.1, -0.05) is 0 Å². The summed E-state index contributed by atoms with van der Waals surface area (Å²) in [5, 5.41) is 52.9. The van der Waals surface area contributed by atoms with E-state index in [0.717, 1.165) is 17.5 Å². The second kappa shape index (κ2) is 17.8. The molecule has 3 aliphatic heterocycles. The molecule has 0 bridgehead atoms. The summed E-state index contributed by atoms with van der Waals surface area (Å²) in [5.74, 6) is -0.243. The predicted octanol–water partition coefficient (Wildman–Crippen LogP) is -9.68. The molecule has 28 heteroatoms. The van der Waals surface area contributed by atoms with E-state index in [9.17, 15) is 54.0 Å². The van der Waals surface area contributed by atoms with Crippen LogP contribution in [0, 0.1) is 13.8 Å². The first kappa shape index (κ1) is 45.6. The number of phosphoric acid groups is 2. The molecule has 0 radical (unpaired) electrons. The number of anilines is 1. The van der Waals surface area contributed by atoms with Gasteiger partial charge in [-0.15, -0.1) is 0 Å². The maximum atomic E-state index is 12.5. The van der Waals surface area contributed by atoms with Gasteiger partial charge < -0.3 is 59.4 Å². The van der Waals surface area contributed by atoms with E-state index in [4.69, 9.17) is 10.5 Å². The Balaban J connectivity index is 0.00000336. The molecule has 2 aromatic heterocycles. The number of aliphatic hydroxyl groups is 5. The minimum Gasteiger partial charge on any atom is -0.756 e. The number of aryl methyl sites for hydroxylation is 2. The van der Waals surface area contributed by atoms with E-state index in [-0.39, 0.29) is 98.6 Å². The molecule has 9 unspecified atom stereocenters. The van der Waals surface area contributed by atoms with Crippen molar-refractivity contribution < 1.29 is 122 Å². The summed E-state index contributed by atoms with van der Waals surface area (Å²) in [4.78, 5) is 71.1. The average Bonchev–Trinajstić information content (AvgIpc) is 3.63. The van der Waals surface area contributed by atoms with Gasteiger partial charge in [0.2, 0.25) is 0 Å². The Morgan fingerprint density at radius 2 is 1.65 bits per heavy atom. The SMILES string of the molecule is Cc1cc2nc3c(=O)[nH]c(=O)nc-3n(CC(O)C(O)C(O)COP(=O)([O-])OP(=O)([O-])OCC3OC(n4cnc5c(N)ncnc54)C(O)C3O)c2cc1C.[Na+].[Na+]. The fraction of sp³-hybridized carbons (Fsp3) is 0.444. The van der Waals surface area contributed by atoms with Gasteiger partial charge in [0.25, 0.3) is 21.2 Å². The molecular formula is C27H31N9Na2O15P2. The quantitative estimate of drug-likeness (QED) is 0.0329. The summed E-state index contributed by atoms with van der Waals surface area (Å²) in [6, 6.07) is 3.27. The third-order valence-corrected chi connectivity index (χ3v) is 10.9. The van der Waals surface area contributed by atoms with Crippen molar-refractivity contribution in [3.05, 3.63) is 56.8 Å². The topological polar surface area (TPSA) is 369 Å².